The molecule has 1 aromatic heterocycles. The summed E-state index contributed by atoms with van der Waals surface area (Å²) in [5, 5.41) is 18.4. The first kappa shape index (κ1) is 40.2. The number of carbonyl (C=O) groups excluding carboxylic acids is 1. The van der Waals surface area contributed by atoms with Gasteiger partial charge in [0.1, 0.15) is 0 Å². The number of pyridine rings is 1. The summed E-state index contributed by atoms with van der Waals surface area (Å²) in [5.74, 6) is -4.85. The third kappa shape index (κ3) is 12.8. The Balaban J connectivity index is 0.000000658. The van der Waals surface area contributed by atoms with Crippen LogP contribution in [-0.2, 0) is 16.0 Å². The second-order valence-corrected chi connectivity index (χ2v) is 9.40. The van der Waals surface area contributed by atoms with E-state index in [1.165, 1.54) is 6.20 Å². The van der Waals surface area contributed by atoms with E-state index in [1.807, 2.05) is 30.3 Å². The van der Waals surface area contributed by atoms with Crippen LogP contribution in [0.5, 0.6) is 11.5 Å². The molecule has 1 heterocycles. The Morgan fingerprint density at radius 3 is 1.96 bits per heavy atom. The number of fused-ring (bicyclic) bond motifs is 1. The van der Waals surface area contributed by atoms with Crippen LogP contribution >= 0.6 is 0 Å². The Bertz CT molecular complexity index is 1470. The molecule has 0 atom stereocenters. The average Bonchev–Trinajstić information content (AvgIpc) is 3.00. The monoisotopic (exact) mass is 678 g/mol. The highest BCUT2D eigenvalue weighted by Crippen LogP contribution is 2.37. The number of nitrogens with two attached hydrogens (primary N) is 1. The summed E-state index contributed by atoms with van der Waals surface area (Å²) in [6, 6.07) is 11.7. The Labute approximate surface area is 266 Å². The summed E-state index contributed by atoms with van der Waals surface area (Å²) in [6.07, 6.45) is -6.89. The first-order valence-corrected chi connectivity index (χ1v) is 14.0. The van der Waals surface area contributed by atoms with Crippen LogP contribution in [-0.4, -0.2) is 83.6 Å². The number of amides is 1. The third-order valence-corrected chi connectivity index (χ3v) is 6.33. The lowest BCUT2D eigenvalue weighted by atomic mass is 10.1. The fraction of sp³-hybridized carbons (Fsp3) is 0.400. The Morgan fingerprint density at radius 1 is 0.936 bits per heavy atom. The molecule has 0 aliphatic heterocycles. The number of aromatic nitrogens is 1. The van der Waals surface area contributed by atoms with Crippen molar-refractivity contribution in [1.82, 2.24) is 9.88 Å². The van der Waals surface area contributed by atoms with Crippen molar-refractivity contribution in [3.63, 3.8) is 0 Å². The molecule has 0 radical (unpaired) electrons. The number of hydrogen-bond donors (Lipinski definition) is 4. The SMILES string of the molecule is CCc1ccccc1Nc1c(C(N)=O)cnc2cc(OCCCN(CC)CC)c(OC)cc12.O=C(O)C(F)(F)F.O=C(O)C(F)(F)F. The van der Waals surface area contributed by atoms with Gasteiger partial charge in [0.05, 0.1) is 30.5 Å². The number of carboxylic acid groups (broad SMARTS) is 2. The number of alkyl halides is 6. The molecule has 47 heavy (non-hydrogen) atoms. The number of aryl methyl sites for hydroxylation is 1. The van der Waals surface area contributed by atoms with Crippen LogP contribution in [0.3, 0.4) is 0 Å². The van der Waals surface area contributed by atoms with Crippen molar-refractivity contribution in [2.24, 2.45) is 5.73 Å². The molecule has 0 bridgehead atoms. The van der Waals surface area contributed by atoms with Gasteiger partial charge in [-0.2, -0.15) is 26.3 Å². The lowest BCUT2D eigenvalue weighted by molar-refractivity contribution is -0.193. The molecule has 0 spiro atoms. The molecule has 11 nitrogen and oxygen atoms in total. The summed E-state index contributed by atoms with van der Waals surface area (Å²) in [7, 11) is 1.61. The second-order valence-electron chi connectivity index (χ2n) is 9.40. The predicted octanol–water partition coefficient (Wildman–Crippen LogP) is 6.03. The van der Waals surface area contributed by atoms with Crippen molar-refractivity contribution in [2.75, 3.05) is 38.7 Å². The van der Waals surface area contributed by atoms with Crippen molar-refractivity contribution in [2.45, 2.75) is 46.0 Å². The van der Waals surface area contributed by atoms with Crippen molar-refractivity contribution in [1.29, 1.82) is 0 Å². The van der Waals surface area contributed by atoms with Crippen LogP contribution in [0.15, 0.2) is 42.6 Å². The maximum absolute atomic E-state index is 12.2. The summed E-state index contributed by atoms with van der Waals surface area (Å²) >= 11 is 0. The highest BCUT2D eigenvalue weighted by Gasteiger charge is 2.38. The number of anilines is 2. The number of nitrogens with one attached hydrogen (secondary N) is 1. The number of methoxy groups -OCH3 is 1. The standard InChI is InChI=1S/C26H34N4O3.2C2HF3O2/c1-5-18-11-8-9-12-21(18)29-25-19-15-23(32-4)24(33-14-10-13-30(6-2)7-3)16-22(19)28-17-20(25)26(27)31;2*3-2(4,5)1(6)7/h8-9,11-12,15-17H,5-7,10,13-14H2,1-4H3,(H2,27,31)(H,28,29);2*(H,6,7). The molecule has 0 saturated heterocycles. The van der Waals surface area contributed by atoms with Gasteiger partial charge in [0.2, 0.25) is 0 Å². The molecule has 3 aromatic rings. The van der Waals surface area contributed by atoms with E-state index in [0.717, 1.165) is 49.1 Å². The zero-order valence-electron chi connectivity index (χ0n) is 26.0. The first-order valence-electron chi connectivity index (χ1n) is 14.0. The van der Waals surface area contributed by atoms with Crippen molar-refractivity contribution >= 4 is 40.1 Å². The highest BCUT2D eigenvalue weighted by molar-refractivity contribution is 6.08. The second kappa shape index (κ2) is 18.4. The van der Waals surface area contributed by atoms with Crippen molar-refractivity contribution in [3.8, 4) is 11.5 Å². The molecule has 260 valence electrons. The summed E-state index contributed by atoms with van der Waals surface area (Å²) < 4.78 is 75.1. The molecular weight excluding hydrogens is 642 g/mol. The Hall–Kier alpha value is -4.80. The number of aliphatic carboxylic acids is 2. The Morgan fingerprint density at radius 2 is 1.49 bits per heavy atom. The van der Waals surface area contributed by atoms with Gasteiger partial charge in [0, 0.05) is 29.9 Å². The zero-order valence-corrected chi connectivity index (χ0v) is 26.0. The maximum Gasteiger partial charge on any atom is 0.490 e. The topological polar surface area (TPSA) is 164 Å². The molecule has 0 saturated carbocycles. The van der Waals surface area contributed by atoms with Gasteiger partial charge in [-0.05, 0) is 43.6 Å². The van der Waals surface area contributed by atoms with Gasteiger partial charge < -0.3 is 35.6 Å². The predicted molar refractivity (Wildman–Crippen MR) is 161 cm³/mol. The van der Waals surface area contributed by atoms with Gasteiger partial charge in [-0.15, -0.1) is 0 Å². The van der Waals surface area contributed by atoms with Crippen LogP contribution in [0.4, 0.5) is 37.7 Å². The number of rotatable bonds is 12. The van der Waals surface area contributed by atoms with Gasteiger partial charge in [-0.3, -0.25) is 9.78 Å². The minimum atomic E-state index is -5.08. The van der Waals surface area contributed by atoms with Crippen molar-refractivity contribution in [3.05, 3.63) is 53.7 Å². The van der Waals surface area contributed by atoms with E-state index in [4.69, 9.17) is 35.0 Å². The molecule has 1 amide bonds. The van der Waals surface area contributed by atoms with Crippen LogP contribution in [0.1, 0.15) is 43.1 Å². The number of carboxylic acids is 2. The van der Waals surface area contributed by atoms with E-state index in [0.29, 0.717) is 34.9 Å². The van der Waals surface area contributed by atoms with E-state index in [2.05, 4.69) is 42.0 Å². The number of benzene rings is 2. The lowest BCUT2D eigenvalue weighted by Gasteiger charge is -2.19. The fourth-order valence-electron chi connectivity index (χ4n) is 3.89. The van der Waals surface area contributed by atoms with E-state index in [-0.39, 0.29) is 0 Å². The maximum atomic E-state index is 12.2. The van der Waals surface area contributed by atoms with Gasteiger partial charge in [0.25, 0.3) is 5.91 Å². The lowest BCUT2D eigenvalue weighted by Crippen LogP contribution is -2.25. The first-order chi connectivity index (χ1) is 21.9. The molecule has 0 aliphatic carbocycles. The number of para-hydroxylation sites is 1. The van der Waals surface area contributed by atoms with Crippen LogP contribution in [0.25, 0.3) is 10.9 Å². The molecular formula is C30H36F6N4O7. The summed E-state index contributed by atoms with van der Waals surface area (Å²) in [5.41, 5.74) is 9.36. The average molecular weight is 679 g/mol. The quantitative estimate of drug-likeness (QED) is 0.131. The number of halogens is 6. The minimum Gasteiger partial charge on any atom is -0.493 e. The van der Waals surface area contributed by atoms with E-state index in [1.54, 1.807) is 7.11 Å². The fourth-order valence-corrected chi connectivity index (χ4v) is 3.89. The molecule has 5 N–H and O–H groups in total. The van der Waals surface area contributed by atoms with Gasteiger partial charge in [-0.25, -0.2) is 9.59 Å². The molecule has 0 unspecified atom stereocenters. The molecule has 2 aromatic carbocycles. The van der Waals surface area contributed by atoms with Gasteiger partial charge in [0.15, 0.2) is 11.5 Å². The number of hydrogen-bond acceptors (Lipinski definition) is 8. The number of nitrogens with zero attached hydrogens (tertiary/aromatic N) is 2. The molecule has 0 aliphatic rings. The smallest absolute Gasteiger partial charge is 0.490 e. The normalized spacial score (nSPS) is 11.1. The van der Waals surface area contributed by atoms with Gasteiger partial charge >= 0.3 is 24.3 Å². The van der Waals surface area contributed by atoms with Crippen LogP contribution < -0.4 is 20.5 Å². The summed E-state index contributed by atoms with van der Waals surface area (Å²) in [6.45, 7) is 10.0. The van der Waals surface area contributed by atoms with Crippen molar-refractivity contribution < 1.29 is 60.4 Å². The minimum absolute atomic E-state index is 0.323. The molecule has 0 fully saturated rings. The molecule has 17 heteroatoms. The summed E-state index contributed by atoms with van der Waals surface area (Å²) in [4.78, 5) is 36.8. The Kier molecular flexibility index (Phi) is 15.7. The van der Waals surface area contributed by atoms with E-state index < -0.39 is 30.2 Å². The number of carbonyl (C=O) groups is 3. The molecule has 3 rings (SSSR count). The van der Waals surface area contributed by atoms with E-state index in [9.17, 15) is 31.1 Å². The third-order valence-electron chi connectivity index (χ3n) is 6.33. The zero-order chi connectivity index (χ0) is 35.9. The van der Waals surface area contributed by atoms with Crippen LogP contribution in [0, 0.1) is 0 Å². The highest BCUT2D eigenvalue weighted by atomic mass is 19.4. The number of primary amides is 1. The van der Waals surface area contributed by atoms with E-state index >= 15 is 0 Å². The largest absolute Gasteiger partial charge is 0.493 e. The van der Waals surface area contributed by atoms with Gasteiger partial charge in [-0.1, -0.05) is 39.0 Å². The van der Waals surface area contributed by atoms with Crippen LogP contribution in [0.2, 0.25) is 0 Å². The number of ether oxygens (including phenoxy) is 2.